The third-order valence-electron chi connectivity index (χ3n) is 2.79. The number of rotatable bonds is 3. The van der Waals surface area contributed by atoms with Gasteiger partial charge in [-0.05, 0) is 13.0 Å². The predicted molar refractivity (Wildman–Crippen MR) is 66.4 cm³/mol. The average Bonchev–Trinajstić information content (AvgIpc) is 2.73. The van der Waals surface area contributed by atoms with Gasteiger partial charge in [0.25, 0.3) is 5.69 Å². The number of halogens is 1. The first-order valence-corrected chi connectivity index (χ1v) is 5.64. The Labute approximate surface area is 112 Å². The van der Waals surface area contributed by atoms with Crippen molar-refractivity contribution in [1.82, 2.24) is 0 Å². The number of non-ortho nitro benzene ring substituents is 1. The number of nitrogens with zero attached hydrogens (tertiary/aromatic N) is 2. The molecule has 100 valence electrons. The molecule has 0 fully saturated rings. The Kier molecular flexibility index (Phi) is 3.15. The number of nitro benzene ring substituents is 1. The number of carbonyl (C=O) groups is 1. The van der Waals surface area contributed by atoms with Crippen molar-refractivity contribution in [1.29, 1.82) is 0 Å². The van der Waals surface area contributed by atoms with Crippen molar-refractivity contribution >= 4 is 29.0 Å². The lowest BCUT2D eigenvalue weighted by atomic mass is 9.96. The fourth-order valence-corrected chi connectivity index (χ4v) is 1.87. The molecule has 1 unspecified atom stereocenters. The summed E-state index contributed by atoms with van der Waals surface area (Å²) in [5.74, 6) is -1.16. The van der Waals surface area contributed by atoms with Crippen LogP contribution >= 0.6 is 11.6 Å². The number of hydrogen-bond donors (Lipinski definition) is 1. The van der Waals surface area contributed by atoms with Crippen LogP contribution < -0.4 is 0 Å². The van der Waals surface area contributed by atoms with Crippen molar-refractivity contribution in [2.24, 2.45) is 5.16 Å². The van der Waals surface area contributed by atoms with E-state index in [1.807, 2.05) is 0 Å². The molecule has 0 bridgehead atoms. The highest BCUT2D eigenvalue weighted by molar-refractivity contribution is 6.34. The first kappa shape index (κ1) is 13.3. The molecule has 19 heavy (non-hydrogen) atoms. The third kappa shape index (κ3) is 2.37. The van der Waals surface area contributed by atoms with E-state index < -0.39 is 16.5 Å². The molecule has 0 saturated heterocycles. The zero-order valence-electron chi connectivity index (χ0n) is 9.79. The molecule has 1 N–H and O–H groups in total. The van der Waals surface area contributed by atoms with Gasteiger partial charge in [-0.25, -0.2) is 4.79 Å². The van der Waals surface area contributed by atoms with Gasteiger partial charge in [0.15, 0.2) is 0 Å². The van der Waals surface area contributed by atoms with Crippen LogP contribution in [0, 0.1) is 10.1 Å². The van der Waals surface area contributed by atoms with Crippen LogP contribution in [0.15, 0.2) is 23.4 Å². The molecule has 0 amide bonds. The van der Waals surface area contributed by atoms with Gasteiger partial charge in [-0.15, -0.1) is 0 Å². The summed E-state index contributed by atoms with van der Waals surface area (Å²) in [7, 11) is 0. The Morgan fingerprint density at radius 3 is 2.84 bits per heavy atom. The van der Waals surface area contributed by atoms with Gasteiger partial charge in [0, 0.05) is 24.1 Å². The van der Waals surface area contributed by atoms with Gasteiger partial charge in [-0.3, -0.25) is 10.1 Å². The van der Waals surface area contributed by atoms with Crippen LogP contribution in [0.1, 0.15) is 18.9 Å². The van der Waals surface area contributed by atoms with Crippen LogP contribution in [0.5, 0.6) is 0 Å². The van der Waals surface area contributed by atoms with Gasteiger partial charge in [0.1, 0.15) is 0 Å². The molecule has 1 atom stereocenters. The molecule has 7 nitrogen and oxygen atoms in total. The molecule has 8 heteroatoms. The second-order valence-electron chi connectivity index (χ2n) is 4.26. The molecule has 2 rings (SSSR count). The van der Waals surface area contributed by atoms with Crippen molar-refractivity contribution in [2.45, 2.75) is 18.9 Å². The average molecular weight is 285 g/mol. The number of carboxylic acids is 1. The number of hydrogen-bond acceptors (Lipinski definition) is 5. The van der Waals surface area contributed by atoms with Gasteiger partial charge >= 0.3 is 5.97 Å². The number of nitro groups is 1. The summed E-state index contributed by atoms with van der Waals surface area (Å²) in [5.41, 5.74) is -1.03. The number of oxime groups is 1. The van der Waals surface area contributed by atoms with Crippen molar-refractivity contribution in [3.05, 3.63) is 38.9 Å². The zero-order chi connectivity index (χ0) is 14.2. The van der Waals surface area contributed by atoms with E-state index in [9.17, 15) is 14.9 Å². The quantitative estimate of drug-likeness (QED) is 0.677. The summed E-state index contributed by atoms with van der Waals surface area (Å²) >= 11 is 5.95. The molecule has 0 spiro atoms. The second-order valence-corrected chi connectivity index (χ2v) is 4.67. The van der Waals surface area contributed by atoms with Crippen molar-refractivity contribution in [2.75, 3.05) is 0 Å². The zero-order valence-corrected chi connectivity index (χ0v) is 10.5. The van der Waals surface area contributed by atoms with E-state index in [1.54, 1.807) is 0 Å². The van der Waals surface area contributed by atoms with Gasteiger partial charge in [-0.2, -0.15) is 0 Å². The molecule has 0 aromatic heterocycles. The standard InChI is InChI=1S/C11H9ClN2O5/c1-11(10(15)16)5-9(13-19-11)7-4-6(14(17)18)2-3-8(7)12/h2-4H,5H2,1H3,(H,15,16). The minimum atomic E-state index is -1.47. The predicted octanol–water partition coefficient (Wildman–Crippen LogP) is 2.22. The first-order valence-electron chi connectivity index (χ1n) is 5.26. The molecule has 1 aromatic carbocycles. The Hall–Kier alpha value is -2.15. The smallest absolute Gasteiger partial charge is 0.351 e. The van der Waals surface area contributed by atoms with Crippen LogP contribution in [0.3, 0.4) is 0 Å². The highest BCUT2D eigenvalue weighted by Gasteiger charge is 2.42. The maximum absolute atomic E-state index is 11.0. The van der Waals surface area contributed by atoms with Crippen LogP contribution in [-0.4, -0.2) is 27.3 Å². The molecule has 1 heterocycles. The lowest BCUT2D eigenvalue weighted by molar-refractivity contribution is -0.384. The van der Waals surface area contributed by atoms with Gasteiger partial charge in [-0.1, -0.05) is 16.8 Å². The maximum Gasteiger partial charge on any atom is 0.351 e. The molecular formula is C11H9ClN2O5. The van der Waals surface area contributed by atoms with Crippen molar-refractivity contribution < 1.29 is 19.7 Å². The topological polar surface area (TPSA) is 102 Å². The van der Waals surface area contributed by atoms with E-state index in [-0.39, 0.29) is 22.8 Å². The largest absolute Gasteiger partial charge is 0.478 e. The van der Waals surface area contributed by atoms with Crippen LogP contribution in [-0.2, 0) is 9.63 Å². The summed E-state index contributed by atoms with van der Waals surface area (Å²) in [4.78, 5) is 26.1. The highest BCUT2D eigenvalue weighted by atomic mass is 35.5. The molecule has 1 aromatic rings. The highest BCUT2D eigenvalue weighted by Crippen LogP contribution is 2.31. The van der Waals surface area contributed by atoms with Gasteiger partial charge in [0.2, 0.25) is 5.60 Å². The summed E-state index contributed by atoms with van der Waals surface area (Å²) in [5, 5.41) is 23.6. The fourth-order valence-electron chi connectivity index (χ4n) is 1.65. The minimum Gasteiger partial charge on any atom is -0.478 e. The van der Waals surface area contributed by atoms with E-state index in [1.165, 1.54) is 25.1 Å². The van der Waals surface area contributed by atoms with E-state index in [2.05, 4.69) is 5.16 Å². The van der Waals surface area contributed by atoms with Crippen molar-refractivity contribution in [3.63, 3.8) is 0 Å². The van der Waals surface area contributed by atoms with Crippen LogP contribution in [0.25, 0.3) is 0 Å². The Balaban J connectivity index is 2.37. The monoisotopic (exact) mass is 284 g/mol. The first-order chi connectivity index (χ1) is 8.83. The molecular weight excluding hydrogens is 276 g/mol. The SMILES string of the molecule is CC1(C(=O)O)CC(c2cc([N+](=O)[O-])ccc2Cl)=NO1. The fraction of sp³-hybridized carbons (Fsp3) is 0.273. The normalized spacial score (nSPS) is 21.7. The Morgan fingerprint density at radius 1 is 1.63 bits per heavy atom. The van der Waals surface area contributed by atoms with Gasteiger partial charge in [0.05, 0.1) is 15.7 Å². The third-order valence-corrected chi connectivity index (χ3v) is 3.12. The molecule has 0 radical (unpaired) electrons. The summed E-state index contributed by atoms with van der Waals surface area (Å²) in [6.45, 7) is 1.37. The molecule has 0 saturated carbocycles. The van der Waals surface area contributed by atoms with Crippen LogP contribution in [0.4, 0.5) is 5.69 Å². The molecule has 1 aliphatic heterocycles. The Morgan fingerprint density at radius 2 is 2.32 bits per heavy atom. The van der Waals surface area contributed by atoms with E-state index in [0.29, 0.717) is 5.56 Å². The summed E-state index contributed by atoms with van der Waals surface area (Å²) in [6.07, 6.45) is -0.0107. The maximum atomic E-state index is 11.0. The lowest BCUT2D eigenvalue weighted by Gasteiger charge is -2.14. The summed E-state index contributed by atoms with van der Waals surface area (Å²) in [6, 6.07) is 3.88. The minimum absolute atomic E-state index is 0.0107. The van der Waals surface area contributed by atoms with Crippen LogP contribution in [0.2, 0.25) is 5.02 Å². The number of aliphatic carboxylic acids is 1. The molecule has 1 aliphatic rings. The number of benzene rings is 1. The lowest BCUT2D eigenvalue weighted by Crippen LogP contribution is -2.35. The van der Waals surface area contributed by atoms with E-state index >= 15 is 0 Å². The molecule has 0 aliphatic carbocycles. The van der Waals surface area contributed by atoms with Gasteiger partial charge < -0.3 is 9.94 Å². The van der Waals surface area contributed by atoms with Crippen molar-refractivity contribution in [3.8, 4) is 0 Å². The van der Waals surface area contributed by atoms with E-state index in [0.717, 1.165) is 0 Å². The summed E-state index contributed by atoms with van der Waals surface area (Å²) < 4.78 is 0. The Bertz CT molecular complexity index is 601. The number of carboxylic acid groups (broad SMARTS) is 1. The second kappa shape index (κ2) is 4.51. The van der Waals surface area contributed by atoms with E-state index in [4.69, 9.17) is 21.5 Å².